The summed E-state index contributed by atoms with van der Waals surface area (Å²) in [6, 6.07) is 2.26. The highest BCUT2D eigenvalue weighted by Crippen LogP contribution is 2.45. The van der Waals surface area contributed by atoms with Gasteiger partial charge in [-0.15, -0.1) is 0 Å². The number of rotatable bonds is 0. The molecule has 0 aliphatic carbocycles. The van der Waals surface area contributed by atoms with E-state index in [1.807, 2.05) is 0 Å². The van der Waals surface area contributed by atoms with Crippen molar-refractivity contribution in [3.8, 4) is 5.75 Å². The fraction of sp³-hybridized carbons (Fsp3) is 0.625. The molecule has 0 atom stereocenters. The Morgan fingerprint density at radius 2 is 1.78 bits per heavy atom. The van der Waals surface area contributed by atoms with Gasteiger partial charge in [-0.05, 0) is 48.3 Å². The number of benzene rings is 1. The van der Waals surface area contributed by atoms with Crippen molar-refractivity contribution < 1.29 is 5.11 Å². The van der Waals surface area contributed by atoms with Crippen LogP contribution < -0.4 is 4.90 Å². The highest BCUT2D eigenvalue weighted by Gasteiger charge is 2.30. The Labute approximate surface area is 110 Å². The van der Waals surface area contributed by atoms with Crippen LogP contribution in [-0.4, -0.2) is 18.2 Å². The molecule has 1 N–H and O–H groups in total. The van der Waals surface area contributed by atoms with Crippen molar-refractivity contribution in [2.75, 3.05) is 18.0 Å². The molecule has 0 saturated carbocycles. The molecular formula is C16H23NO. The van der Waals surface area contributed by atoms with Gasteiger partial charge in [0.15, 0.2) is 0 Å². The largest absolute Gasteiger partial charge is 0.507 e. The van der Waals surface area contributed by atoms with Crippen LogP contribution in [-0.2, 0) is 18.3 Å². The quantitative estimate of drug-likeness (QED) is 0.757. The maximum Gasteiger partial charge on any atom is 0.124 e. The topological polar surface area (TPSA) is 23.5 Å². The molecule has 2 heterocycles. The SMILES string of the molecule is CC(C)(C)c1cc2c3c(c1O)CCCN3CCC2. The first kappa shape index (κ1) is 11.9. The molecule has 0 spiro atoms. The van der Waals surface area contributed by atoms with Crippen LogP contribution in [0.1, 0.15) is 50.3 Å². The zero-order chi connectivity index (χ0) is 12.9. The predicted octanol–water partition coefficient (Wildman–Crippen LogP) is 3.39. The van der Waals surface area contributed by atoms with Crippen molar-refractivity contribution >= 4 is 5.69 Å². The normalized spacial score (nSPS) is 18.7. The van der Waals surface area contributed by atoms with Crippen molar-refractivity contribution in [3.63, 3.8) is 0 Å². The molecule has 2 aliphatic heterocycles. The molecule has 0 saturated heterocycles. The molecule has 0 amide bonds. The summed E-state index contributed by atoms with van der Waals surface area (Å²) in [5, 5.41) is 10.6. The molecular weight excluding hydrogens is 222 g/mol. The highest BCUT2D eigenvalue weighted by molar-refractivity contribution is 5.69. The number of nitrogens with zero attached hydrogens (tertiary/aromatic N) is 1. The molecule has 3 rings (SSSR count). The molecule has 2 heteroatoms. The molecule has 1 aromatic rings. The molecule has 0 unspecified atom stereocenters. The fourth-order valence-corrected chi connectivity index (χ4v) is 3.41. The van der Waals surface area contributed by atoms with Gasteiger partial charge in [-0.1, -0.05) is 20.8 Å². The van der Waals surface area contributed by atoms with Crippen LogP contribution in [0.2, 0.25) is 0 Å². The van der Waals surface area contributed by atoms with Crippen molar-refractivity contribution in [1.29, 1.82) is 0 Å². The summed E-state index contributed by atoms with van der Waals surface area (Å²) in [4.78, 5) is 2.48. The Hall–Kier alpha value is -1.18. The minimum absolute atomic E-state index is 0.0232. The molecule has 0 radical (unpaired) electrons. The number of hydrogen-bond donors (Lipinski definition) is 1. The maximum absolute atomic E-state index is 10.6. The Balaban J connectivity index is 2.23. The van der Waals surface area contributed by atoms with Gasteiger partial charge in [-0.2, -0.15) is 0 Å². The Morgan fingerprint density at radius 3 is 2.44 bits per heavy atom. The van der Waals surface area contributed by atoms with E-state index in [9.17, 15) is 5.11 Å². The summed E-state index contributed by atoms with van der Waals surface area (Å²) in [6.45, 7) is 8.88. The molecule has 18 heavy (non-hydrogen) atoms. The first-order valence-electron chi connectivity index (χ1n) is 7.11. The number of phenolic OH excluding ortho intramolecular Hbond substituents is 1. The lowest BCUT2D eigenvalue weighted by Crippen LogP contribution is -2.35. The molecule has 0 aromatic heterocycles. The van der Waals surface area contributed by atoms with E-state index in [0.717, 1.165) is 25.1 Å². The summed E-state index contributed by atoms with van der Waals surface area (Å²) in [5.74, 6) is 0.563. The summed E-state index contributed by atoms with van der Waals surface area (Å²) in [7, 11) is 0. The first-order valence-corrected chi connectivity index (χ1v) is 7.11. The van der Waals surface area contributed by atoms with Crippen LogP contribution in [0.5, 0.6) is 5.75 Å². The maximum atomic E-state index is 10.6. The van der Waals surface area contributed by atoms with Crippen LogP contribution in [0.3, 0.4) is 0 Å². The number of hydrogen-bond acceptors (Lipinski definition) is 2. The van der Waals surface area contributed by atoms with Crippen LogP contribution in [0.4, 0.5) is 5.69 Å². The van der Waals surface area contributed by atoms with Gasteiger partial charge in [-0.3, -0.25) is 0 Å². The third-order valence-electron chi connectivity index (χ3n) is 4.30. The smallest absolute Gasteiger partial charge is 0.124 e. The summed E-state index contributed by atoms with van der Waals surface area (Å²) in [6.07, 6.45) is 4.63. The van der Waals surface area contributed by atoms with E-state index >= 15 is 0 Å². The molecule has 0 fully saturated rings. The highest BCUT2D eigenvalue weighted by atomic mass is 16.3. The Kier molecular flexibility index (Phi) is 2.58. The second-order valence-corrected chi connectivity index (χ2v) is 6.70. The van der Waals surface area contributed by atoms with Gasteiger partial charge in [0.2, 0.25) is 0 Å². The number of aromatic hydroxyl groups is 1. The van der Waals surface area contributed by atoms with E-state index in [2.05, 4.69) is 31.7 Å². The number of aryl methyl sites for hydroxylation is 1. The lowest BCUT2D eigenvalue weighted by Gasteiger charge is -2.38. The van der Waals surface area contributed by atoms with Crippen molar-refractivity contribution in [2.45, 2.75) is 51.9 Å². The van der Waals surface area contributed by atoms with Gasteiger partial charge in [0.05, 0.1) is 0 Å². The predicted molar refractivity (Wildman–Crippen MR) is 75.7 cm³/mol. The van der Waals surface area contributed by atoms with Gasteiger partial charge in [0.25, 0.3) is 0 Å². The van der Waals surface area contributed by atoms with Gasteiger partial charge in [0, 0.05) is 24.3 Å². The van der Waals surface area contributed by atoms with E-state index in [-0.39, 0.29) is 5.41 Å². The van der Waals surface area contributed by atoms with E-state index < -0.39 is 0 Å². The van der Waals surface area contributed by atoms with Crippen molar-refractivity contribution in [3.05, 3.63) is 22.8 Å². The molecule has 2 aliphatic rings. The zero-order valence-corrected chi connectivity index (χ0v) is 11.7. The summed E-state index contributed by atoms with van der Waals surface area (Å²) in [5.41, 5.74) is 5.18. The molecule has 1 aromatic carbocycles. The van der Waals surface area contributed by atoms with E-state index in [4.69, 9.17) is 0 Å². The summed E-state index contributed by atoms with van der Waals surface area (Å²) < 4.78 is 0. The zero-order valence-electron chi connectivity index (χ0n) is 11.7. The number of anilines is 1. The van der Waals surface area contributed by atoms with Crippen LogP contribution in [0.15, 0.2) is 6.07 Å². The lowest BCUT2D eigenvalue weighted by atomic mass is 9.80. The average Bonchev–Trinajstić information content (AvgIpc) is 2.32. The minimum atomic E-state index is 0.0232. The first-order chi connectivity index (χ1) is 8.48. The number of phenols is 1. The van der Waals surface area contributed by atoms with Crippen LogP contribution in [0.25, 0.3) is 0 Å². The second kappa shape index (κ2) is 3.91. The standard InChI is InChI=1S/C16H23NO/c1-16(2,3)13-10-11-6-4-8-17-9-5-7-12(14(11)17)15(13)18/h10,18H,4-9H2,1-3H3. The Bertz CT molecular complexity index is 483. The van der Waals surface area contributed by atoms with E-state index in [0.29, 0.717) is 5.75 Å². The average molecular weight is 245 g/mol. The van der Waals surface area contributed by atoms with Crippen molar-refractivity contribution in [2.24, 2.45) is 0 Å². The third-order valence-corrected chi connectivity index (χ3v) is 4.30. The van der Waals surface area contributed by atoms with Crippen LogP contribution in [0, 0.1) is 0 Å². The van der Waals surface area contributed by atoms with Crippen molar-refractivity contribution in [1.82, 2.24) is 0 Å². The van der Waals surface area contributed by atoms with Gasteiger partial charge < -0.3 is 10.0 Å². The van der Waals surface area contributed by atoms with Gasteiger partial charge in [0.1, 0.15) is 5.75 Å². The monoisotopic (exact) mass is 245 g/mol. The minimum Gasteiger partial charge on any atom is -0.507 e. The van der Waals surface area contributed by atoms with E-state index in [1.165, 1.54) is 36.1 Å². The van der Waals surface area contributed by atoms with Gasteiger partial charge >= 0.3 is 0 Å². The second-order valence-electron chi connectivity index (χ2n) is 6.70. The van der Waals surface area contributed by atoms with E-state index in [1.54, 1.807) is 0 Å². The molecule has 0 bridgehead atoms. The van der Waals surface area contributed by atoms with Crippen LogP contribution >= 0.6 is 0 Å². The molecule has 98 valence electrons. The Morgan fingerprint density at radius 1 is 1.11 bits per heavy atom. The summed E-state index contributed by atoms with van der Waals surface area (Å²) >= 11 is 0. The lowest BCUT2D eigenvalue weighted by molar-refractivity contribution is 0.435. The third kappa shape index (κ3) is 1.70. The fourth-order valence-electron chi connectivity index (χ4n) is 3.41. The van der Waals surface area contributed by atoms with Gasteiger partial charge in [-0.25, -0.2) is 0 Å². The molecule has 2 nitrogen and oxygen atoms in total.